The second kappa shape index (κ2) is 6.88. The van der Waals surface area contributed by atoms with Crippen LogP contribution in [0.15, 0.2) is 11.3 Å². The fourth-order valence-electron chi connectivity index (χ4n) is 2.51. The smallest absolute Gasteiger partial charge is 0.153 e. The summed E-state index contributed by atoms with van der Waals surface area (Å²) in [5.41, 5.74) is 6.74. The number of imidazole rings is 1. The van der Waals surface area contributed by atoms with E-state index in [0.29, 0.717) is 25.7 Å². The molecule has 2 fully saturated rings. The van der Waals surface area contributed by atoms with Gasteiger partial charge in [0.2, 0.25) is 0 Å². The lowest BCUT2D eigenvalue weighted by molar-refractivity contribution is 0.0388. The lowest BCUT2D eigenvalue weighted by atomic mass is 10.3. The van der Waals surface area contributed by atoms with Crippen molar-refractivity contribution in [2.75, 3.05) is 65.0 Å². The first kappa shape index (κ1) is 14.3. The van der Waals surface area contributed by atoms with Crippen LogP contribution in [0.25, 0.3) is 0 Å². The van der Waals surface area contributed by atoms with Crippen molar-refractivity contribution < 1.29 is 9.47 Å². The number of anilines is 1. The third-order valence-electron chi connectivity index (χ3n) is 3.73. The number of hydrogen-bond donors (Lipinski definition) is 2. The zero-order chi connectivity index (χ0) is 14.5. The lowest BCUT2D eigenvalue weighted by Gasteiger charge is -2.31. The molecule has 3 heterocycles. The number of amidine groups is 1. The number of aliphatic imine (C=N–C) groups is 1. The molecule has 0 spiro atoms. The van der Waals surface area contributed by atoms with E-state index in [4.69, 9.17) is 20.2 Å². The van der Waals surface area contributed by atoms with E-state index in [9.17, 15) is 0 Å². The van der Waals surface area contributed by atoms with Crippen LogP contribution >= 0.6 is 0 Å². The van der Waals surface area contributed by atoms with Gasteiger partial charge in [0.25, 0.3) is 0 Å². The molecule has 21 heavy (non-hydrogen) atoms. The fraction of sp³-hybridized carbons (Fsp3) is 0.692. The molecule has 8 nitrogen and oxygen atoms in total. The second-order valence-electron chi connectivity index (χ2n) is 5.12. The van der Waals surface area contributed by atoms with E-state index in [2.05, 4.69) is 19.8 Å². The van der Waals surface area contributed by atoms with Gasteiger partial charge < -0.3 is 25.1 Å². The van der Waals surface area contributed by atoms with Gasteiger partial charge in [-0.05, 0) is 0 Å². The quantitative estimate of drug-likeness (QED) is 0.569. The topological polar surface area (TPSA) is 92.0 Å². The Kier molecular flexibility index (Phi) is 4.69. The van der Waals surface area contributed by atoms with Crippen LogP contribution in [0.1, 0.15) is 5.69 Å². The van der Waals surface area contributed by atoms with Crippen LogP contribution in [0.4, 0.5) is 5.82 Å². The monoisotopic (exact) mass is 294 g/mol. The summed E-state index contributed by atoms with van der Waals surface area (Å²) < 4.78 is 10.8. The molecule has 8 heteroatoms. The Bertz CT molecular complexity index is 477. The molecular formula is C13H22N6O2. The number of rotatable bonds is 3. The van der Waals surface area contributed by atoms with Crippen molar-refractivity contribution in [2.24, 2.45) is 4.99 Å². The van der Waals surface area contributed by atoms with Crippen LogP contribution in [0.2, 0.25) is 0 Å². The molecule has 0 amide bonds. The van der Waals surface area contributed by atoms with Crippen molar-refractivity contribution in [1.82, 2.24) is 19.8 Å². The minimum Gasteiger partial charge on any atom is -0.382 e. The van der Waals surface area contributed by atoms with Crippen LogP contribution in [-0.4, -0.2) is 84.9 Å². The van der Waals surface area contributed by atoms with Crippen molar-refractivity contribution >= 4 is 11.7 Å². The number of aromatic amines is 1. The Labute approximate surface area is 123 Å². The van der Waals surface area contributed by atoms with Gasteiger partial charge in [-0.1, -0.05) is 0 Å². The van der Waals surface area contributed by atoms with E-state index in [1.54, 1.807) is 6.33 Å². The summed E-state index contributed by atoms with van der Waals surface area (Å²) in [6, 6.07) is 0. The molecule has 1 aromatic heterocycles. The molecule has 3 N–H and O–H groups in total. The molecular weight excluding hydrogens is 272 g/mol. The number of nitrogen functional groups attached to an aromatic ring is 1. The first-order valence-electron chi connectivity index (χ1n) is 7.31. The van der Waals surface area contributed by atoms with Gasteiger partial charge in [0.15, 0.2) is 11.7 Å². The van der Waals surface area contributed by atoms with Crippen molar-refractivity contribution in [1.29, 1.82) is 0 Å². The van der Waals surface area contributed by atoms with E-state index in [-0.39, 0.29) is 0 Å². The fourth-order valence-corrected chi connectivity index (χ4v) is 2.51. The van der Waals surface area contributed by atoms with Crippen LogP contribution in [0.3, 0.4) is 0 Å². The maximum atomic E-state index is 5.94. The van der Waals surface area contributed by atoms with Gasteiger partial charge in [-0.25, -0.2) is 4.98 Å². The largest absolute Gasteiger partial charge is 0.382 e. The van der Waals surface area contributed by atoms with Crippen LogP contribution < -0.4 is 5.73 Å². The molecule has 2 saturated heterocycles. The number of hydrogen-bond acceptors (Lipinski definition) is 6. The molecule has 2 aliphatic heterocycles. The van der Waals surface area contributed by atoms with Gasteiger partial charge in [-0.2, -0.15) is 0 Å². The minimum absolute atomic E-state index is 0.488. The molecule has 116 valence electrons. The average Bonchev–Trinajstić information content (AvgIpc) is 2.96. The number of ether oxygens (including phenoxy) is 2. The number of morpholine rings is 2. The highest BCUT2D eigenvalue weighted by atomic mass is 16.5. The van der Waals surface area contributed by atoms with Gasteiger partial charge in [-0.15, -0.1) is 0 Å². The maximum absolute atomic E-state index is 5.94. The number of aromatic nitrogens is 2. The summed E-state index contributed by atoms with van der Waals surface area (Å²) in [6.45, 7) is 7.09. The van der Waals surface area contributed by atoms with E-state index in [1.807, 2.05) is 0 Å². The third-order valence-corrected chi connectivity index (χ3v) is 3.73. The van der Waals surface area contributed by atoms with E-state index >= 15 is 0 Å². The summed E-state index contributed by atoms with van der Waals surface area (Å²) in [6.07, 6.45) is 1.61. The number of nitrogens with zero attached hydrogens (tertiary/aromatic N) is 4. The van der Waals surface area contributed by atoms with Crippen LogP contribution in [0.5, 0.6) is 0 Å². The molecule has 0 saturated carbocycles. The summed E-state index contributed by atoms with van der Waals surface area (Å²) in [5, 5.41) is 0. The average molecular weight is 294 g/mol. The predicted molar refractivity (Wildman–Crippen MR) is 79.2 cm³/mol. The van der Waals surface area contributed by atoms with Crippen molar-refractivity contribution in [3.8, 4) is 0 Å². The minimum atomic E-state index is 0.488. The van der Waals surface area contributed by atoms with Gasteiger partial charge in [-0.3, -0.25) is 9.89 Å². The van der Waals surface area contributed by atoms with Crippen LogP contribution in [0, 0.1) is 0 Å². The standard InChI is InChI=1S/C13H22N6O2/c14-12-11(15-9-16-12)13(19-3-7-21-8-4-19)17-10-18-1-5-20-6-2-18/h9H,1-8,10,14H2,(H,15,16)/b17-13+. The van der Waals surface area contributed by atoms with Crippen molar-refractivity contribution in [3.63, 3.8) is 0 Å². The highest BCUT2D eigenvalue weighted by Crippen LogP contribution is 2.12. The van der Waals surface area contributed by atoms with Gasteiger partial charge in [0, 0.05) is 26.2 Å². The van der Waals surface area contributed by atoms with Crippen molar-refractivity contribution in [2.45, 2.75) is 0 Å². The summed E-state index contributed by atoms with van der Waals surface area (Å²) in [4.78, 5) is 16.4. The number of nitrogens with two attached hydrogens (primary N) is 1. The summed E-state index contributed by atoms with van der Waals surface area (Å²) in [5.74, 6) is 1.36. The number of nitrogens with one attached hydrogen (secondary N) is 1. The second-order valence-corrected chi connectivity index (χ2v) is 5.12. The Hall–Kier alpha value is -1.64. The molecule has 0 unspecified atom stereocenters. The molecule has 0 aliphatic carbocycles. The normalized spacial score (nSPS) is 21.7. The lowest BCUT2D eigenvalue weighted by Crippen LogP contribution is -2.43. The molecule has 1 aromatic rings. The van der Waals surface area contributed by atoms with Crippen molar-refractivity contribution in [3.05, 3.63) is 12.0 Å². The maximum Gasteiger partial charge on any atom is 0.153 e. The molecule has 3 rings (SSSR count). The highest BCUT2D eigenvalue weighted by Gasteiger charge is 2.21. The predicted octanol–water partition coefficient (Wildman–Crippen LogP) is -0.640. The Morgan fingerprint density at radius 3 is 2.48 bits per heavy atom. The first-order valence-corrected chi connectivity index (χ1v) is 7.31. The summed E-state index contributed by atoms with van der Waals surface area (Å²) >= 11 is 0. The molecule has 0 aromatic carbocycles. The van der Waals surface area contributed by atoms with Crippen LogP contribution in [-0.2, 0) is 9.47 Å². The summed E-state index contributed by atoms with van der Waals surface area (Å²) in [7, 11) is 0. The Morgan fingerprint density at radius 1 is 1.19 bits per heavy atom. The zero-order valence-corrected chi connectivity index (χ0v) is 12.1. The zero-order valence-electron chi connectivity index (χ0n) is 12.1. The van der Waals surface area contributed by atoms with Gasteiger partial charge in [0.1, 0.15) is 5.69 Å². The van der Waals surface area contributed by atoms with Gasteiger partial charge in [0.05, 0.1) is 39.4 Å². The Balaban J connectivity index is 1.76. The Morgan fingerprint density at radius 2 is 1.86 bits per heavy atom. The molecule has 0 atom stereocenters. The molecule has 0 bridgehead atoms. The van der Waals surface area contributed by atoms with E-state index in [1.165, 1.54) is 0 Å². The highest BCUT2D eigenvalue weighted by molar-refractivity contribution is 6.00. The molecule has 2 aliphatic rings. The first-order chi connectivity index (χ1) is 10.3. The van der Waals surface area contributed by atoms with E-state index < -0.39 is 0 Å². The number of H-pyrrole nitrogens is 1. The van der Waals surface area contributed by atoms with E-state index in [0.717, 1.165) is 50.9 Å². The van der Waals surface area contributed by atoms with Gasteiger partial charge >= 0.3 is 0 Å². The molecule has 0 radical (unpaired) electrons. The third kappa shape index (κ3) is 3.52. The SMILES string of the molecule is Nc1nc[nH]c1/C(=N\CN1CCOCC1)N1CCOCC1.